The van der Waals surface area contributed by atoms with Crippen LogP contribution in [0.5, 0.6) is 5.75 Å². The average Bonchev–Trinajstić information content (AvgIpc) is 2.58. The fourth-order valence-electron chi connectivity index (χ4n) is 2.29. The quantitative estimate of drug-likeness (QED) is 0.742. The van der Waals surface area contributed by atoms with Crippen molar-refractivity contribution < 1.29 is 9.53 Å². The molecule has 0 fully saturated rings. The normalized spacial score (nSPS) is 12.1. The molecule has 1 N–H and O–H groups in total. The molecule has 0 aliphatic heterocycles. The number of hydrogen-bond acceptors (Lipinski definition) is 3. The van der Waals surface area contributed by atoms with Gasteiger partial charge >= 0.3 is 0 Å². The molecule has 1 atom stereocenters. The monoisotopic (exact) mass is 404 g/mol. The number of nitrogens with zero attached hydrogens (tertiary/aromatic N) is 1. The molecule has 0 spiro atoms. The molecule has 1 amide bonds. The number of carbonyl (C=O) groups is 1. The number of aryl methyl sites for hydroxylation is 2. The molecule has 0 bridgehead atoms. The van der Waals surface area contributed by atoms with Gasteiger partial charge in [-0.05, 0) is 73.6 Å². The largest absolute Gasteiger partial charge is 0.492 e. The average molecular weight is 405 g/mol. The number of carbonyl (C=O) groups excluding carboxylic acids is 1. The van der Waals surface area contributed by atoms with E-state index < -0.39 is 0 Å². The van der Waals surface area contributed by atoms with Crippen molar-refractivity contribution in [2.45, 2.75) is 26.8 Å². The highest BCUT2D eigenvalue weighted by Crippen LogP contribution is 2.23. The number of halogens is 1. The van der Waals surface area contributed by atoms with Crippen LogP contribution in [0.1, 0.15) is 18.1 Å². The second kappa shape index (κ2) is 9.02. The minimum Gasteiger partial charge on any atom is -0.492 e. The van der Waals surface area contributed by atoms with Gasteiger partial charge in [-0.25, -0.2) is 0 Å². The molecular weight excluding hydrogens is 380 g/mol. The maximum atomic E-state index is 12.4. The number of likely N-dealkylation sites (N-methyl/N-ethyl adjacent to an activating group) is 1. The fourth-order valence-corrected chi connectivity index (χ4v) is 2.89. The molecular formula is C20H25BrN2O2. The predicted molar refractivity (Wildman–Crippen MR) is 106 cm³/mol. The van der Waals surface area contributed by atoms with E-state index in [2.05, 4.69) is 21.2 Å². The zero-order valence-electron chi connectivity index (χ0n) is 15.2. The molecule has 0 aliphatic rings. The van der Waals surface area contributed by atoms with Crippen LogP contribution in [0.2, 0.25) is 0 Å². The lowest BCUT2D eigenvalue weighted by atomic mass is 10.2. The van der Waals surface area contributed by atoms with E-state index in [0.29, 0.717) is 13.2 Å². The first-order valence-corrected chi connectivity index (χ1v) is 9.13. The molecule has 0 saturated heterocycles. The standard InChI is InChI=1S/C20H25BrN2O2/c1-14-5-8-17(9-6-14)25-12-11-23(4)16(3)20(24)22-19-10-7-15(2)13-18(19)21/h5-10,13,16H,11-12H2,1-4H3,(H,22,24). The Labute approximate surface area is 158 Å². The molecule has 0 aliphatic carbocycles. The summed E-state index contributed by atoms with van der Waals surface area (Å²) in [4.78, 5) is 14.4. The van der Waals surface area contributed by atoms with Crippen molar-refractivity contribution >= 4 is 27.5 Å². The van der Waals surface area contributed by atoms with Crippen molar-refractivity contribution in [3.05, 3.63) is 58.1 Å². The SMILES string of the molecule is Cc1ccc(OCCN(C)C(C)C(=O)Nc2ccc(C)cc2Br)cc1. The lowest BCUT2D eigenvalue weighted by molar-refractivity contribution is -0.120. The van der Waals surface area contributed by atoms with E-state index in [4.69, 9.17) is 4.74 Å². The molecule has 5 heteroatoms. The van der Waals surface area contributed by atoms with E-state index in [1.807, 2.05) is 75.2 Å². The number of hydrogen-bond donors (Lipinski definition) is 1. The van der Waals surface area contributed by atoms with Crippen LogP contribution in [0.25, 0.3) is 0 Å². The fraction of sp³-hybridized carbons (Fsp3) is 0.350. The smallest absolute Gasteiger partial charge is 0.241 e. The van der Waals surface area contributed by atoms with Gasteiger partial charge in [0.05, 0.1) is 11.7 Å². The number of nitrogens with one attached hydrogen (secondary N) is 1. The van der Waals surface area contributed by atoms with Crippen molar-refractivity contribution in [1.29, 1.82) is 0 Å². The van der Waals surface area contributed by atoms with Crippen LogP contribution in [-0.4, -0.2) is 37.0 Å². The summed E-state index contributed by atoms with van der Waals surface area (Å²) in [6.07, 6.45) is 0. The van der Waals surface area contributed by atoms with Gasteiger partial charge in [-0.15, -0.1) is 0 Å². The number of benzene rings is 2. The Morgan fingerprint density at radius 1 is 1.16 bits per heavy atom. The molecule has 0 aromatic heterocycles. The summed E-state index contributed by atoms with van der Waals surface area (Å²) in [7, 11) is 1.92. The second-order valence-electron chi connectivity index (χ2n) is 6.29. The molecule has 0 heterocycles. The summed E-state index contributed by atoms with van der Waals surface area (Å²) in [5, 5.41) is 2.96. The first kappa shape index (κ1) is 19.5. The van der Waals surface area contributed by atoms with Gasteiger partial charge in [0, 0.05) is 11.0 Å². The van der Waals surface area contributed by atoms with Gasteiger partial charge in [0.2, 0.25) is 5.91 Å². The highest BCUT2D eigenvalue weighted by atomic mass is 79.9. The predicted octanol–water partition coefficient (Wildman–Crippen LogP) is 4.40. The zero-order valence-corrected chi connectivity index (χ0v) is 16.8. The van der Waals surface area contributed by atoms with Gasteiger partial charge in [0.15, 0.2) is 0 Å². The van der Waals surface area contributed by atoms with Crippen LogP contribution in [0.4, 0.5) is 5.69 Å². The Morgan fingerprint density at radius 3 is 2.44 bits per heavy atom. The molecule has 0 radical (unpaired) electrons. The number of amides is 1. The molecule has 134 valence electrons. The molecule has 1 unspecified atom stereocenters. The Bertz CT molecular complexity index is 716. The molecule has 2 aromatic rings. The first-order chi connectivity index (χ1) is 11.9. The maximum absolute atomic E-state index is 12.4. The Kier molecular flexibility index (Phi) is 7.02. The second-order valence-corrected chi connectivity index (χ2v) is 7.14. The van der Waals surface area contributed by atoms with Crippen molar-refractivity contribution in [2.24, 2.45) is 0 Å². The molecule has 25 heavy (non-hydrogen) atoms. The highest BCUT2D eigenvalue weighted by molar-refractivity contribution is 9.10. The highest BCUT2D eigenvalue weighted by Gasteiger charge is 2.18. The third-order valence-electron chi connectivity index (χ3n) is 4.16. The lowest BCUT2D eigenvalue weighted by Gasteiger charge is -2.24. The van der Waals surface area contributed by atoms with Gasteiger partial charge < -0.3 is 10.1 Å². The van der Waals surface area contributed by atoms with Gasteiger partial charge in [-0.1, -0.05) is 23.8 Å². The summed E-state index contributed by atoms with van der Waals surface area (Å²) >= 11 is 3.49. The van der Waals surface area contributed by atoms with Crippen LogP contribution >= 0.6 is 15.9 Å². The van der Waals surface area contributed by atoms with Gasteiger partial charge in [0.25, 0.3) is 0 Å². The summed E-state index contributed by atoms with van der Waals surface area (Å²) in [5.74, 6) is 0.807. The van der Waals surface area contributed by atoms with Crippen LogP contribution in [-0.2, 0) is 4.79 Å². The van der Waals surface area contributed by atoms with Crippen LogP contribution in [0, 0.1) is 13.8 Å². The van der Waals surface area contributed by atoms with Gasteiger partial charge in [-0.2, -0.15) is 0 Å². The number of rotatable bonds is 7. The number of ether oxygens (including phenoxy) is 1. The molecule has 4 nitrogen and oxygen atoms in total. The Morgan fingerprint density at radius 2 is 1.80 bits per heavy atom. The van der Waals surface area contributed by atoms with Crippen molar-refractivity contribution in [3.63, 3.8) is 0 Å². The van der Waals surface area contributed by atoms with Gasteiger partial charge in [0.1, 0.15) is 12.4 Å². The summed E-state index contributed by atoms with van der Waals surface area (Å²) in [5.41, 5.74) is 3.13. The minimum absolute atomic E-state index is 0.0395. The van der Waals surface area contributed by atoms with Gasteiger partial charge in [-0.3, -0.25) is 9.69 Å². The topological polar surface area (TPSA) is 41.6 Å². The zero-order chi connectivity index (χ0) is 18.4. The Balaban J connectivity index is 1.82. The molecule has 2 aromatic carbocycles. The van der Waals surface area contributed by atoms with Crippen molar-refractivity contribution in [1.82, 2.24) is 4.90 Å². The minimum atomic E-state index is -0.255. The van der Waals surface area contributed by atoms with Crippen LogP contribution < -0.4 is 10.1 Å². The summed E-state index contributed by atoms with van der Waals surface area (Å²) < 4.78 is 6.62. The van der Waals surface area contributed by atoms with Crippen molar-refractivity contribution in [3.8, 4) is 5.75 Å². The van der Waals surface area contributed by atoms with E-state index in [1.165, 1.54) is 5.56 Å². The third kappa shape index (κ3) is 5.87. The Hall–Kier alpha value is -1.85. The molecule has 2 rings (SSSR count). The van der Waals surface area contributed by atoms with E-state index in [9.17, 15) is 4.79 Å². The number of anilines is 1. The summed E-state index contributed by atoms with van der Waals surface area (Å²) in [6.45, 7) is 7.15. The first-order valence-electron chi connectivity index (χ1n) is 8.33. The van der Waals surface area contributed by atoms with E-state index in [1.54, 1.807) is 0 Å². The summed E-state index contributed by atoms with van der Waals surface area (Å²) in [6, 6.07) is 13.6. The van der Waals surface area contributed by atoms with E-state index in [0.717, 1.165) is 21.5 Å². The van der Waals surface area contributed by atoms with E-state index in [-0.39, 0.29) is 11.9 Å². The van der Waals surface area contributed by atoms with E-state index >= 15 is 0 Å². The maximum Gasteiger partial charge on any atom is 0.241 e. The van der Waals surface area contributed by atoms with Crippen LogP contribution in [0.15, 0.2) is 46.9 Å². The lowest BCUT2D eigenvalue weighted by Crippen LogP contribution is -2.41. The molecule has 0 saturated carbocycles. The van der Waals surface area contributed by atoms with Crippen LogP contribution in [0.3, 0.4) is 0 Å². The third-order valence-corrected chi connectivity index (χ3v) is 4.81. The van der Waals surface area contributed by atoms with Crippen molar-refractivity contribution in [2.75, 3.05) is 25.5 Å².